The summed E-state index contributed by atoms with van der Waals surface area (Å²) in [4.78, 5) is 15.0. The molecule has 126 valence electrons. The molecular weight excluding hydrogens is 286 g/mol. The van der Waals surface area contributed by atoms with Gasteiger partial charge in [0, 0.05) is 12.3 Å². The van der Waals surface area contributed by atoms with E-state index >= 15 is 0 Å². The summed E-state index contributed by atoms with van der Waals surface area (Å²) in [5, 5.41) is 0. The van der Waals surface area contributed by atoms with Gasteiger partial charge in [0.25, 0.3) is 0 Å². The normalized spacial score (nSPS) is 29.6. The molecular formula is C20H29NO2. The number of carbonyl (C=O) groups excluding carboxylic acids is 1. The minimum Gasteiger partial charge on any atom is -0.347 e. The number of ether oxygens (including phenoxy) is 1. The Morgan fingerprint density at radius 3 is 2.30 bits per heavy atom. The molecule has 0 aliphatic carbocycles. The van der Waals surface area contributed by atoms with Crippen molar-refractivity contribution in [1.82, 2.24) is 4.90 Å². The average molecular weight is 315 g/mol. The first-order chi connectivity index (χ1) is 10.8. The Morgan fingerprint density at radius 1 is 1.17 bits per heavy atom. The predicted molar refractivity (Wildman–Crippen MR) is 91.9 cm³/mol. The molecule has 23 heavy (non-hydrogen) atoms. The second-order valence-corrected chi connectivity index (χ2v) is 8.06. The predicted octanol–water partition coefficient (Wildman–Crippen LogP) is 3.87. The van der Waals surface area contributed by atoms with Crippen LogP contribution in [-0.4, -0.2) is 28.7 Å². The summed E-state index contributed by atoms with van der Waals surface area (Å²) in [6.07, 6.45) is 1.60. The van der Waals surface area contributed by atoms with Gasteiger partial charge >= 0.3 is 0 Å². The van der Waals surface area contributed by atoms with Gasteiger partial charge in [-0.15, -0.1) is 0 Å². The highest BCUT2D eigenvalue weighted by Gasteiger charge is 2.61. The molecule has 1 aromatic carbocycles. The van der Waals surface area contributed by atoms with E-state index in [-0.39, 0.29) is 17.4 Å². The summed E-state index contributed by atoms with van der Waals surface area (Å²) in [5.74, 6) is 1.09. The van der Waals surface area contributed by atoms with Crippen LogP contribution < -0.4 is 0 Å². The molecule has 2 aliphatic heterocycles. The standard InChI is InChI=1S/C20H29NO2/c1-14(2)20(15(3)4)13-21-18(22)17(12-19(21,5)23-20)11-16-9-7-6-8-10-16/h6-10,14-15,17H,11-13H2,1-5H3/t17?,19-/m1/s1. The van der Waals surface area contributed by atoms with Gasteiger partial charge in [0.15, 0.2) is 0 Å². The third-order valence-electron chi connectivity index (χ3n) is 5.91. The summed E-state index contributed by atoms with van der Waals surface area (Å²) in [7, 11) is 0. The molecule has 0 spiro atoms. The second-order valence-electron chi connectivity index (χ2n) is 8.06. The van der Waals surface area contributed by atoms with Crippen LogP contribution in [0.25, 0.3) is 0 Å². The van der Waals surface area contributed by atoms with E-state index in [1.807, 2.05) is 23.1 Å². The maximum absolute atomic E-state index is 13.0. The molecule has 1 unspecified atom stereocenters. The summed E-state index contributed by atoms with van der Waals surface area (Å²) >= 11 is 0. The van der Waals surface area contributed by atoms with Crippen LogP contribution in [0.1, 0.15) is 46.6 Å². The molecule has 2 saturated heterocycles. The maximum Gasteiger partial charge on any atom is 0.228 e. The van der Waals surface area contributed by atoms with Crippen LogP contribution in [0.3, 0.4) is 0 Å². The zero-order valence-corrected chi connectivity index (χ0v) is 15.0. The zero-order chi connectivity index (χ0) is 16.8. The third kappa shape index (κ3) is 2.59. The lowest BCUT2D eigenvalue weighted by Crippen LogP contribution is -2.46. The Hall–Kier alpha value is -1.35. The smallest absolute Gasteiger partial charge is 0.228 e. The Labute approximate surface area is 140 Å². The van der Waals surface area contributed by atoms with E-state index in [2.05, 4.69) is 46.8 Å². The molecule has 2 atom stereocenters. The Morgan fingerprint density at radius 2 is 1.78 bits per heavy atom. The number of fused-ring (bicyclic) bond motifs is 1. The minimum absolute atomic E-state index is 0.0414. The Balaban J connectivity index is 1.80. The van der Waals surface area contributed by atoms with Crippen LogP contribution in [0.4, 0.5) is 0 Å². The first-order valence-corrected chi connectivity index (χ1v) is 8.84. The molecule has 2 heterocycles. The fourth-order valence-corrected chi connectivity index (χ4v) is 4.46. The van der Waals surface area contributed by atoms with Gasteiger partial charge in [0.2, 0.25) is 5.91 Å². The molecule has 3 heteroatoms. The molecule has 0 saturated carbocycles. The molecule has 3 rings (SSSR count). The zero-order valence-electron chi connectivity index (χ0n) is 15.0. The SMILES string of the molecule is CC(C)C1(C(C)C)CN2C(=O)C(Cc3ccccc3)C[C@@]2(C)O1. The van der Waals surface area contributed by atoms with Crippen LogP contribution in [0, 0.1) is 17.8 Å². The van der Waals surface area contributed by atoms with E-state index in [0.29, 0.717) is 11.8 Å². The van der Waals surface area contributed by atoms with Crippen LogP contribution >= 0.6 is 0 Å². The largest absolute Gasteiger partial charge is 0.347 e. The number of amides is 1. The number of nitrogens with zero attached hydrogens (tertiary/aromatic N) is 1. The van der Waals surface area contributed by atoms with E-state index in [1.165, 1.54) is 5.56 Å². The van der Waals surface area contributed by atoms with Gasteiger partial charge < -0.3 is 9.64 Å². The average Bonchev–Trinajstić information content (AvgIpc) is 2.92. The monoisotopic (exact) mass is 315 g/mol. The highest BCUT2D eigenvalue weighted by molar-refractivity contribution is 5.82. The van der Waals surface area contributed by atoms with Gasteiger partial charge in [-0.2, -0.15) is 0 Å². The third-order valence-corrected chi connectivity index (χ3v) is 5.91. The molecule has 3 nitrogen and oxygen atoms in total. The lowest BCUT2D eigenvalue weighted by Gasteiger charge is -2.38. The van der Waals surface area contributed by atoms with Crippen molar-refractivity contribution in [2.75, 3.05) is 6.54 Å². The molecule has 0 aromatic heterocycles. The summed E-state index contributed by atoms with van der Waals surface area (Å²) in [6, 6.07) is 10.3. The fourth-order valence-electron chi connectivity index (χ4n) is 4.46. The lowest BCUT2D eigenvalue weighted by molar-refractivity contribution is -0.157. The first-order valence-electron chi connectivity index (χ1n) is 8.84. The quantitative estimate of drug-likeness (QED) is 0.844. The van der Waals surface area contributed by atoms with Gasteiger partial charge in [0.1, 0.15) is 5.72 Å². The van der Waals surface area contributed by atoms with Crippen molar-refractivity contribution in [3.8, 4) is 0 Å². The van der Waals surface area contributed by atoms with Crippen molar-refractivity contribution in [3.63, 3.8) is 0 Å². The van der Waals surface area contributed by atoms with Crippen LogP contribution in [-0.2, 0) is 16.0 Å². The number of rotatable bonds is 4. The second kappa shape index (κ2) is 5.62. The summed E-state index contributed by atoms with van der Waals surface area (Å²) in [6.45, 7) is 11.6. The Bertz CT molecular complexity index is 573. The molecule has 1 amide bonds. The number of benzene rings is 1. The van der Waals surface area contributed by atoms with Gasteiger partial charge in [-0.3, -0.25) is 4.79 Å². The highest BCUT2D eigenvalue weighted by atomic mass is 16.6. The Kier molecular flexibility index (Phi) is 4.04. The van der Waals surface area contributed by atoms with Crippen molar-refractivity contribution in [2.45, 2.75) is 58.8 Å². The summed E-state index contributed by atoms with van der Waals surface area (Å²) in [5.41, 5.74) is 0.572. The molecule has 0 N–H and O–H groups in total. The van der Waals surface area contributed by atoms with Crippen molar-refractivity contribution in [3.05, 3.63) is 35.9 Å². The van der Waals surface area contributed by atoms with E-state index in [4.69, 9.17) is 4.74 Å². The topological polar surface area (TPSA) is 29.5 Å². The van der Waals surface area contributed by atoms with E-state index < -0.39 is 5.72 Å². The van der Waals surface area contributed by atoms with E-state index in [0.717, 1.165) is 19.4 Å². The number of hydrogen-bond donors (Lipinski definition) is 0. The van der Waals surface area contributed by atoms with Crippen LogP contribution in [0.15, 0.2) is 30.3 Å². The van der Waals surface area contributed by atoms with E-state index in [1.54, 1.807) is 0 Å². The van der Waals surface area contributed by atoms with Gasteiger partial charge in [-0.1, -0.05) is 58.0 Å². The van der Waals surface area contributed by atoms with Crippen molar-refractivity contribution in [1.29, 1.82) is 0 Å². The molecule has 0 radical (unpaired) electrons. The van der Waals surface area contributed by atoms with Crippen molar-refractivity contribution < 1.29 is 9.53 Å². The summed E-state index contributed by atoms with van der Waals surface area (Å²) < 4.78 is 6.63. The maximum atomic E-state index is 13.0. The van der Waals surface area contributed by atoms with Gasteiger partial charge in [0.05, 0.1) is 12.1 Å². The van der Waals surface area contributed by atoms with Crippen molar-refractivity contribution in [2.24, 2.45) is 17.8 Å². The number of carbonyl (C=O) groups is 1. The molecule has 1 aromatic rings. The van der Waals surface area contributed by atoms with Gasteiger partial charge in [-0.05, 0) is 30.7 Å². The fraction of sp³-hybridized carbons (Fsp3) is 0.650. The molecule has 0 bridgehead atoms. The highest BCUT2D eigenvalue weighted by Crippen LogP contribution is 2.50. The first kappa shape index (κ1) is 16.5. The number of hydrogen-bond acceptors (Lipinski definition) is 2. The van der Waals surface area contributed by atoms with Crippen molar-refractivity contribution >= 4 is 5.91 Å². The molecule has 2 fully saturated rings. The van der Waals surface area contributed by atoms with E-state index in [9.17, 15) is 4.79 Å². The van der Waals surface area contributed by atoms with Gasteiger partial charge in [-0.25, -0.2) is 0 Å². The minimum atomic E-state index is -0.439. The lowest BCUT2D eigenvalue weighted by atomic mass is 9.80. The molecule has 2 aliphatic rings. The van der Waals surface area contributed by atoms with Crippen LogP contribution in [0.2, 0.25) is 0 Å². The van der Waals surface area contributed by atoms with Crippen LogP contribution in [0.5, 0.6) is 0 Å².